The zero-order valence-corrected chi connectivity index (χ0v) is 13.9. The second-order valence-corrected chi connectivity index (χ2v) is 4.42. The van der Waals surface area contributed by atoms with Crippen LogP contribution in [0.1, 0.15) is 44.5 Å². The summed E-state index contributed by atoms with van der Waals surface area (Å²) in [6.07, 6.45) is -9.99. The lowest BCUT2D eigenvalue weighted by atomic mass is 9.79. The molecule has 23 heavy (non-hydrogen) atoms. The Bertz CT molecular complexity index is 508. The van der Waals surface area contributed by atoms with Crippen molar-refractivity contribution in [2.24, 2.45) is 0 Å². The molecule has 0 N–H and O–H groups in total. The molecule has 0 unspecified atom stereocenters. The third kappa shape index (κ3) is 3.40. The fraction of sp³-hybridized carbons (Fsp3) is 0.667. The third-order valence-electron chi connectivity index (χ3n) is 3.23. The van der Waals surface area contributed by atoms with Gasteiger partial charge in [-0.15, -0.1) is 0 Å². The van der Waals surface area contributed by atoms with E-state index in [0.717, 1.165) is 13.1 Å². The minimum Gasteiger partial charge on any atom is -0.490 e. The van der Waals surface area contributed by atoms with Gasteiger partial charge in [0.05, 0.1) is 5.69 Å². The average Bonchev–Trinajstić information content (AvgIpc) is 2.89. The lowest BCUT2D eigenvalue weighted by molar-refractivity contribution is -0.303. The summed E-state index contributed by atoms with van der Waals surface area (Å²) in [5.74, 6) is -0.422. The number of nitrogens with zero attached hydrogens (tertiary/aromatic N) is 1. The highest BCUT2D eigenvalue weighted by Gasteiger charge is 2.75. The lowest BCUT2D eigenvalue weighted by Gasteiger charge is -2.33. The minimum atomic E-state index is -5.49. The van der Waals surface area contributed by atoms with Gasteiger partial charge in [0.2, 0.25) is 5.41 Å². The van der Waals surface area contributed by atoms with Crippen molar-refractivity contribution >= 4 is 0 Å². The van der Waals surface area contributed by atoms with Crippen molar-refractivity contribution in [2.75, 3.05) is 6.61 Å². The largest absolute Gasteiger partial charge is 0.490 e. The number of hydrogen-bond donors (Lipinski definition) is 0. The van der Waals surface area contributed by atoms with Crippen LogP contribution in [0, 0.1) is 13.8 Å². The van der Waals surface area contributed by atoms with E-state index in [4.69, 9.17) is 0 Å². The Morgan fingerprint density at radius 3 is 1.78 bits per heavy atom. The Balaban J connectivity index is 0.00000112. The van der Waals surface area contributed by atoms with Crippen LogP contribution in [0.25, 0.3) is 0 Å². The van der Waals surface area contributed by atoms with Crippen LogP contribution in [0.2, 0.25) is 0 Å². The van der Waals surface area contributed by atoms with Crippen molar-refractivity contribution in [3.63, 3.8) is 0 Å². The van der Waals surface area contributed by atoms with Crippen LogP contribution in [0.4, 0.5) is 26.3 Å². The highest BCUT2D eigenvalue weighted by atomic mass is 19.4. The van der Waals surface area contributed by atoms with Crippen molar-refractivity contribution in [3.05, 3.63) is 23.0 Å². The van der Waals surface area contributed by atoms with Crippen LogP contribution in [0.3, 0.4) is 0 Å². The van der Waals surface area contributed by atoms with E-state index in [9.17, 15) is 26.3 Å². The van der Waals surface area contributed by atoms with Crippen LogP contribution in [-0.4, -0.2) is 23.9 Å². The maximum atomic E-state index is 13.1. The fourth-order valence-electron chi connectivity index (χ4n) is 2.24. The summed E-state index contributed by atoms with van der Waals surface area (Å²) in [5.41, 5.74) is -5.03. The van der Waals surface area contributed by atoms with Gasteiger partial charge in [0, 0.05) is 11.8 Å². The minimum absolute atomic E-state index is 0.0102. The first-order valence-electron chi connectivity index (χ1n) is 7.25. The predicted octanol–water partition coefficient (Wildman–Crippen LogP) is 5.51. The maximum Gasteiger partial charge on any atom is 0.410 e. The molecule has 0 aromatic carbocycles. The van der Waals surface area contributed by atoms with Gasteiger partial charge < -0.3 is 4.74 Å². The number of alkyl halides is 6. The topological polar surface area (TPSA) is 22.1 Å². The van der Waals surface area contributed by atoms with Gasteiger partial charge >= 0.3 is 12.4 Å². The number of hydrogen-bond acceptors (Lipinski definition) is 2. The second-order valence-electron chi connectivity index (χ2n) is 4.42. The van der Waals surface area contributed by atoms with Gasteiger partial charge in [0.1, 0.15) is 12.4 Å². The molecule has 2 heterocycles. The van der Waals surface area contributed by atoms with E-state index in [1.165, 1.54) is 6.92 Å². The van der Waals surface area contributed by atoms with Crippen LogP contribution < -0.4 is 4.74 Å². The number of aryl methyl sites for hydroxylation is 2. The van der Waals surface area contributed by atoms with Crippen LogP contribution in [0.5, 0.6) is 5.75 Å². The van der Waals surface area contributed by atoms with Crippen molar-refractivity contribution < 1.29 is 31.1 Å². The standard InChI is InChI=1S/C11H9F6NO.2C2H6/c1-5-3-18-6(2)8-7(5)9(4-19-8,10(12,13)14)11(15,16)17;2*1-2/h3H,4H2,1-2H3;2*1-2H3. The molecule has 8 heteroatoms. The highest BCUT2D eigenvalue weighted by Crippen LogP contribution is 2.58. The van der Waals surface area contributed by atoms with Gasteiger partial charge in [-0.05, 0) is 19.4 Å². The Hall–Kier alpha value is -1.47. The first kappa shape index (κ1) is 21.5. The summed E-state index contributed by atoms with van der Waals surface area (Å²) in [6.45, 7) is 8.97. The molecule has 1 aromatic heterocycles. The van der Waals surface area contributed by atoms with E-state index >= 15 is 0 Å². The molecule has 0 spiro atoms. The first-order valence-corrected chi connectivity index (χ1v) is 7.25. The smallest absolute Gasteiger partial charge is 0.410 e. The molecule has 0 aliphatic carbocycles. The van der Waals surface area contributed by atoms with E-state index in [1.807, 2.05) is 27.7 Å². The molecule has 1 aliphatic rings. The molecular weight excluding hydrogens is 324 g/mol. The summed E-state index contributed by atoms with van der Waals surface area (Å²) < 4.78 is 83.2. The quantitative estimate of drug-likeness (QED) is 0.579. The molecule has 0 radical (unpaired) electrons. The molecule has 0 atom stereocenters. The Labute approximate surface area is 131 Å². The molecule has 0 bridgehead atoms. The van der Waals surface area contributed by atoms with E-state index in [-0.39, 0.29) is 11.3 Å². The molecule has 0 saturated heterocycles. The number of halogens is 6. The number of fused-ring (bicyclic) bond motifs is 1. The average molecular weight is 345 g/mol. The maximum absolute atomic E-state index is 13.1. The molecule has 0 saturated carbocycles. The molecule has 0 fully saturated rings. The molecule has 2 rings (SSSR count). The number of pyridine rings is 1. The van der Waals surface area contributed by atoms with E-state index in [1.54, 1.807) is 0 Å². The summed E-state index contributed by atoms with van der Waals surface area (Å²) in [4.78, 5) is 3.72. The third-order valence-corrected chi connectivity index (χ3v) is 3.23. The normalized spacial score (nSPS) is 15.5. The van der Waals surface area contributed by atoms with Crippen LogP contribution in [-0.2, 0) is 5.41 Å². The monoisotopic (exact) mass is 345 g/mol. The van der Waals surface area contributed by atoms with Crippen molar-refractivity contribution in [2.45, 2.75) is 59.3 Å². The molecule has 2 nitrogen and oxygen atoms in total. The summed E-state index contributed by atoms with van der Waals surface area (Å²) in [7, 11) is 0. The molecule has 1 aliphatic heterocycles. The molecule has 0 amide bonds. The van der Waals surface area contributed by atoms with Crippen molar-refractivity contribution in [3.8, 4) is 5.75 Å². The zero-order chi connectivity index (χ0) is 18.6. The van der Waals surface area contributed by atoms with E-state index in [0.29, 0.717) is 0 Å². The second kappa shape index (κ2) is 7.40. The summed E-state index contributed by atoms with van der Waals surface area (Å²) >= 11 is 0. The van der Waals surface area contributed by atoms with E-state index < -0.39 is 35.7 Å². The first-order chi connectivity index (χ1) is 10.5. The predicted molar refractivity (Wildman–Crippen MR) is 75.7 cm³/mol. The Kier molecular flexibility index (Phi) is 6.93. The van der Waals surface area contributed by atoms with Crippen molar-refractivity contribution in [1.82, 2.24) is 4.98 Å². The van der Waals surface area contributed by atoms with Gasteiger partial charge in [0.25, 0.3) is 0 Å². The molecular formula is C15H21F6NO. The number of rotatable bonds is 0. The van der Waals surface area contributed by atoms with E-state index in [2.05, 4.69) is 9.72 Å². The lowest BCUT2D eigenvalue weighted by Crippen LogP contribution is -2.55. The van der Waals surface area contributed by atoms with Crippen LogP contribution >= 0.6 is 0 Å². The molecule has 1 aromatic rings. The number of aromatic nitrogens is 1. The van der Waals surface area contributed by atoms with Crippen molar-refractivity contribution in [1.29, 1.82) is 0 Å². The molecule has 134 valence electrons. The summed E-state index contributed by atoms with van der Waals surface area (Å²) in [6, 6.07) is 0. The van der Waals surface area contributed by atoms with Gasteiger partial charge in [-0.3, -0.25) is 4.98 Å². The summed E-state index contributed by atoms with van der Waals surface area (Å²) in [5, 5.41) is 0. The van der Waals surface area contributed by atoms with Gasteiger partial charge in [-0.1, -0.05) is 27.7 Å². The SMILES string of the molecule is CC.CC.Cc1cnc(C)c2c1C(C(F)(F)F)(C(F)(F)F)CO2. The number of ether oxygens (including phenoxy) is 1. The zero-order valence-electron chi connectivity index (χ0n) is 13.9. The van der Waals surface area contributed by atoms with Gasteiger partial charge in [0.15, 0.2) is 0 Å². The Morgan fingerprint density at radius 1 is 0.957 bits per heavy atom. The Morgan fingerprint density at radius 2 is 1.39 bits per heavy atom. The van der Waals surface area contributed by atoms with Crippen LogP contribution in [0.15, 0.2) is 6.20 Å². The highest BCUT2D eigenvalue weighted by molar-refractivity contribution is 5.52. The fourth-order valence-corrected chi connectivity index (χ4v) is 2.24. The van der Waals surface area contributed by atoms with Gasteiger partial charge in [-0.2, -0.15) is 26.3 Å². The van der Waals surface area contributed by atoms with Gasteiger partial charge in [-0.25, -0.2) is 0 Å².